The third-order valence-corrected chi connectivity index (χ3v) is 10.2. The first kappa shape index (κ1) is 33.0. The van der Waals surface area contributed by atoms with Crippen molar-refractivity contribution in [1.29, 1.82) is 0 Å². The summed E-state index contributed by atoms with van der Waals surface area (Å²) < 4.78 is 44.6. The molecule has 0 bridgehead atoms. The van der Waals surface area contributed by atoms with Crippen molar-refractivity contribution in [1.82, 2.24) is 9.80 Å². The monoisotopic (exact) mass is 635 g/mol. The minimum Gasteiger partial charge on any atom is -0.510 e. The molecule has 1 fully saturated rings. The molecule has 1 amide bonds. The largest absolute Gasteiger partial charge is 0.510 e. The number of allylic oxidation sites excluding steroid dienone is 1. The van der Waals surface area contributed by atoms with Crippen LogP contribution in [-0.4, -0.2) is 86.5 Å². The van der Waals surface area contributed by atoms with E-state index in [1.807, 2.05) is 11.8 Å². The fourth-order valence-electron chi connectivity index (χ4n) is 8.15. The van der Waals surface area contributed by atoms with Gasteiger partial charge in [0.2, 0.25) is 5.78 Å². The molecule has 1 aromatic carbocycles. The Hall–Kier alpha value is -3.42. The molecule has 4 aliphatic rings. The molecule has 4 aliphatic carbocycles. The van der Waals surface area contributed by atoms with Crippen molar-refractivity contribution in [3.05, 3.63) is 51.0 Å². The van der Waals surface area contributed by atoms with Crippen LogP contribution in [-0.2, 0) is 28.7 Å². The third-order valence-electron chi connectivity index (χ3n) is 10.2. The van der Waals surface area contributed by atoms with Gasteiger partial charge in [-0.2, -0.15) is 13.2 Å². The highest BCUT2D eigenvalue weighted by Gasteiger charge is 2.63. The molecule has 6 N–H and O–H groups in total. The Balaban J connectivity index is 1.63. The van der Waals surface area contributed by atoms with E-state index in [-0.39, 0.29) is 18.5 Å². The molecular formula is C32H40F3N3O7. The van der Waals surface area contributed by atoms with Gasteiger partial charge in [0.05, 0.1) is 17.2 Å². The lowest BCUT2D eigenvalue weighted by Gasteiger charge is -2.50. The van der Waals surface area contributed by atoms with E-state index in [4.69, 9.17) is 5.73 Å². The van der Waals surface area contributed by atoms with Crippen LogP contribution in [0.25, 0.3) is 0 Å². The minimum atomic E-state index is -4.89. The number of benzene rings is 1. The average Bonchev–Trinajstić information content (AvgIpc) is 2.94. The maximum absolute atomic E-state index is 14.9. The van der Waals surface area contributed by atoms with Crippen molar-refractivity contribution in [2.75, 3.05) is 27.2 Å². The van der Waals surface area contributed by atoms with Gasteiger partial charge in [-0.15, -0.1) is 0 Å². The fourth-order valence-corrected chi connectivity index (χ4v) is 8.15. The average molecular weight is 636 g/mol. The number of phenols is 1. The molecule has 0 radical (unpaired) electrons. The topological polar surface area (TPSA) is 165 Å². The first-order chi connectivity index (χ1) is 21.0. The van der Waals surface area contributed by atoms with Crippen molar-refractivity contribution < 1.29 is 48.0 Å². The molecule has 0 spiro atoms. The summed E-state index contributed by atoms with van der Waals surface area (Å²) in [4.78, 5) is 42.7. The second kappa shape index (κ2) is 11.7. The summed E-state index contributed by atoms with van der Waals surface area (Å²) in [7, 11) is 2.96. The van der Waals surface area contributed by atoms with Crippen molar-refractivity contribution in [3.63, 3.8) is 0 Å². The molecule has 0 aliphatic heterocycles. The minimum absolute atomic E-state index is 0.0936. The Labute approximate surface area is 259 Å². The van der Waals surface area contributed by atoms with E-state index in [1.54, 1.807) is 0 Å². The number of aromatic hydroxyl groups is 1. The van der Waals surface area contributed by atoms with Crippen LogP contribution >= 0.6 is 0 Å². The lowest BCUT2D eigenvalue weighted by molar-refractivity contribution is -0.148. The maximum Gasteiger partial charge on any atom is 0.417 e. The Bertz CT molecular complexity index is 1500. The summed E-state index contributed by atoms with van der Waals surface area (Å²) in [6.07, 6.45) is -0.308. The zero-order chi connectivity index (χ0) is 33.2. The smallest absolute Gasteiger partial charge is 0.417 e. The van der Waals surface area contributed by atoms with Crippen molar-refractivity contribution in [2.24, 2.45) is 23.5 Å². The van der Waals surface area contributed by atoms with Gasteiger partial charge in [0, 0.05) is 24.6 Å². The lowest BCUT2D eigenvalue weighted by Crippen LogP contribution is -2.63. The van der Waals surface area contributed by atoms with Crippen LogP contribution in [0.2, 0.25) is 0 Å². The highest BCUT2D eigenvalue weighted by molar-refractivity contribution is 6.24. The Morgan fingerprint density at radius 1 is 1.11 bits per heavy atom. The highest BCUT2D eigenvalue weighted by atomic mass is 19.4. The number of primary amides is 1. The summed E-state index contributed by atoms with van der Waals surface area (Å²) >= 11 is 0. The number of likely N-dealkylation sites (N-methyl/N-ethyl adjacent to an activating group) is 1. The van der Waals surface area contributed by atoms with Gasteiger partial charge in [0.15, 0.2) is 11.4 Å². The summed E-state index contributed by atoms with van der Waals surface area (Å²) in [5.74, 6) is -8.56. The molecule has 0 heterocycles. The standard InChI is InChI=1S/C32H40F3N3O7/c1-4-38(13-15-8-6-5-7-9-15)14-17-12-20(39)22-18(24(17)32(33,34)35)10-16-11-19-25(37(2)3)27(41)23(30(36)44)29(43)31(19,45)28(42)21(16)26(22)40/h12,15-16,19,25,39,41-42,45H,4-11,13-14H2,1-3H3,(H2,36,44)/t16-,19-,25-,31-/m0/s1. The number of rotatable bonds is 7. The molecular weight excluding hydrogens is 595 g/mol. The molecule has 0 saturated heterocycles. The zero-order valence-corrected chi connectivity index (χ0v) is 25.6. The number of ketones is 2. The van der Waals surface area contributed by atoms with E-state index >= 15 is 0 Å². The third kappa shape index (κ3) is 5.32. The van der Waals surface area contributed by atoms with E-state index in [0.29, 0.717) is 19.0 Å². The normalized spacial score (nSPS) is 27.6. The number of nitrogens with two attached hydrogens (primary N) is 1. The number of phenolic OH excluding ortho intramolecular Hbond substituents is 1. The molecule has 0 unspecified atom stereocenters. The number of carbonyl (C=O) groups excluding carboxylic acids is 3. The van der Waals surface area contributed by atoms with Gasteiger partial charge < -0.3 is 26.2 Å². The van der Waals surface area contributed by atoms with Crippen LogP contribution in [0.5, 0.6) is 5.75 Å². The molecule has 13 heteroatoms. The quantitative estimate of drug-likeness (QED) is 0.282. The van der Waals surface area contributed by atoms with Crippen LogP contribution in [0.15, 0.2) is 28.7 Å². The van der Waals surface area contributed by atoms with Crippen LogP contribution < -0.4 is 5.73 Å². The van der Waals surface area contributed by atoms with Gasteiger partial charge >= 0.3 is 6.18 Å². The number of nitrogens with zero attached hydrogens (tertiary/aromatic N) is 2. The number of fused-ring (bicyclic) bond motifs is 3. The van der Waals surface area contributed by atoms with Crippen molar-refractivity contribution in [2.45, 2.75) is 76.2 Å². The van der Waals surface area contributed by atoms with E-state index in [2.05, 4.69) is 0 Å². The van der Waals surface area contributed by atoms with E-state index in [1.165, 1.54) is 19.0 Å². The van der Waals surface area contributed by atoms with Gasteiger partial charge in [-0.05, 0) is 75.4 Å². The number of hydrogen-bond acceptors (Lipinski definition) is 9. The molecule has 4 atom stereocenters. The van der Waals surface area contributed by atoms with Crippen LogP contribution in [0.3, 0.4) is 0 Å². The molecule has 0 aromatic heterocycles. The summed E-state index contributed by atoms with van der Waals surface area (Å²) in [5.41, 5.74) is -1.24. The molecule has 45 heavy (non-hydrogen) atoms. The van der Waals surface area contributed by atoms with Crippen LogP contribution in [0, 0.1) is 17.8 Å². The molecule has 10 nitrogen and oxygen atoms in total. The second-order valence-corrected chi connectivity index (χ2v) is 13.1. The SMILES string of the molecule is CCN(Cc1cc(O)c2c(c1C(F)(F)F)C[C@H]1C[C@H]3[C@H](N(C)C)C(O)=C(C(N)=O)C(=O)[C@@]3(O)C(O)=C1C2=O)CC1CCCCC1. The Morgan fingerprint density at radius 2 is 1.76 bits per heavy atom. The van der Waals surface area contributed by atoms with Crippen molar-refractivity contribution >= 4 is 17.5 Å². The van der Waals surface area contributed by atoms with E-state index < -0.39 is 98.7 Å². The number of aliphatic hydroxyl groups is 3. The van der Waals surface area contributed by atoms with Gasteiger partial charge in [0.1, 0.15) is 22.8 Å². The first-order valence-corrected chi connectivity index (χ1v) is 15.4. The van der Waals surface area contributed by atoms with E-state index in [0.717, 1.165) is 38.2 Å². The summed E-state index contributed by atoms with van der Waals surface area (Å²) in [5, 5.41) is 45.0. The molecule has 5 rings (SSSR count). The van der Waals surface area contributed by atoms with Gasteiger partial charge in [-0.25, -0.2) is 0 Å². The Morgan fingerprint density at radius 3 is 2.31 bits per heavy atom. The molecule has 1 saturated carbocycles. The number of hydrogen-bond donors (Lipinski definition) is 5. The predicted molar refractivity (Wildman–Crippen MR) is 156 cm³/mol. The van der Waals surface area contributed by atoms with Crippen LogP contribution in [0.4, 0.5) is 13.2 Å². The summed E-state index contributed by atoms with van der Waals surface area (Å²) in [6, 6.07) is -0.295. The molecule has 1 aromatic rings. The first-order valence-electron chi connectivity index (χ1n) is 15.4. The van der Waals surface area contributed by atoms with Gasteiger partial charge in [0.25, 0.3) is 5.91 Å². The number of carbonyl (C=O) groups is 3. The maximum atomic E-state index is 14.9. The zero-order valence-electron chi connectivity index (χ0n) is 25.6. The molecule has 246 valence electrons. The highest BCUT2D eigenvalue weighted by Crippen LogP contribution is 2.54. The predicted octanol–water partition coefficient (Wildman–Crippen LogP) is 3.54. The number of Topliss-reactive ketones (excluding diaryl/α,β-unsaturated/α-hetero) is 2. The fraction of sp³-hybridized carbons (Fsp3) is 0.594. The second-order valence-electron chi connectivity index (χ2n) is 13.1. The Kier molecular flexibility index (Phi) is 8.60. The number of alkyl halides is 3. The van der Waals surface area contributed by atoms with Crippen molar-refractivity contribution in [3.8, 4) is 5.75 Å². The summed E-state index contributed by atoms with van der Waals surface area (Å²) in [6.45, 7) is 2.86. The van der Waals surface area contributed by atoms with Crippen LogP contribution in [0.1, 0.15) is 72.5 Å². The lowest BCUT2D eigenvalue weighted by atomic mass is 9.58. The van der Waals surface area contributed by atoms with Gasteiger partial charge in [-0.1, -0.05) is 26.2 Å². The van der Waals surface area contributed by atoms with Gasteiger partial charge in [-0.3, -0.25) is 24.2 Å². The number of halogens is 3. The van der Waals surface area contributed by atoms with E-state index in [9.17, 15) is 48.0 Å². The number of amides is 1. The number of aliphatic hydroxyl groups excluding tert-OH is 2.